The SMILES string of the molecule is CCOC(=O)c1cccc2cccc(C3c4ccc(N=CCCC5CCC5)cc4Oc4cc(N=CCCC5CCC5)ccc43)c12. The lowest BCUT2D eigenvalue weighted by molar-refractivity contribution is 0.0528. The van der Waals surface area contributed by atoms with E-state index in [1.54, 1.807) is 0 Å². The minimum Gasteiger partial charge on any atom is -0.462 e. The number of ether oxygens (including phenoxy) is 2. The van der Waals surface area contributed by atoms with E-state index in [1.165, 1.54) is 51.4 Å². The Kier molecular flexibility index (Phi) is 8.77. The molecule has 7 rings (SSSR count). The molecule has 2 fully saturated rings. The Bertz CT molecular complexity index is 1670. The maximum Gasteiger partial charge on any atom is 0.338 e. The van der Waals surface area contributed by atoms with Crippen LogP contribution >= 0.6 is 0 Å². The zero-order valence-electron chi connectivity index (χ0n) is 26.2. The van der Waals surface area contributed by atoms with Crippen LogP contribution in [0.4, 0.5) is 11.4 Å². The van der Waals surface area contributed by atoms with Gasteiger partial charge >= 0.3 is 5.97 Å². The number of carbonyl (C=O) groups excluding carboxylic acids is 1. The lowest BCUT2D eigenvalue weighted by atomic mass is 9.79. The predicted molar refractivity (Wildman–Crippen MR) is 183 cm³/mol. The molecule has 5 nitrogen and oxygen atoms in total. The molecule has 1 aliphatic heterocycles. The predicted octanol–water partition coefficient (Wildman–Crippen LogP) is 10.9. The summed E-state index contributed by atoms with van der Waals surface area (Å²) in [6.45, 7) is 2.17. The molecule has 0 unspecified atom stereocenters. The number of hydrogen-bond acceptors (Lipinski definition) is 5. The van der Waals surface area contributed by atoms with Gasteiger partial charge in [0.1, 0.15) is 11.5 Å². The van der Waals surface area contributed by atoms with Gasteiger partial charge in [-0.2, -0.15) is 0 Å². The van der Waals surface area contributed by atoms with E-state index in [2.05, 4.69) is 73.1 Å². The monoisotopic (exact) mass is 598 g/mol. The molecule has 0 bridgehead atoms. The van der Waals surface area contributed by atoms with Crippen molar-refractivity contribution in [1.82, 2.24) is 0 Å². The first-order chi connectivity index (χ1) is 22.2. The first-order valence-corrected chi connectivity index (χ1v) is 16.9. The molecule has 45 heavy (non-hydrogen) atoms. The third-order valence-corrected chi connectivity index (χ3v) is 9.92. The molecule has 0 aromatic heterocycles. The molecule has 3 aliphatic rings. The third kappa shape index (κ3) is 6.31. The Morgan fingerprint density at radius 1 is 0.778 bits per heavy atom. The molecule has 4 aromatic rings. The summed E-state index contributed by atoms with van der Waals surface area (Å²) in [4.78, 5) is 22.8. The van der Waals surface area contributed by atoms with Crippen LogP contribution in [0, 0.1) is 11.8 Å². The largest absolute Gasteiger partial charge is 0.462 e. The van der Waals surface area contributed by atoms with Gasteiger partial charge in [0.05, 0.1) is 23.5 Å². The normalized spacial score (nSPS) is 17.9. The highest BCUT2D eigenvalue weighted by molar-refractivity contribution is 6.06. The van der Waals surface area contributed by atoms with Crippen LogP contribution in [0.15, 0.2) is 82.8 Å². The van der Waals surface area contributed by atoms with Crippen molar-refractivity contribution < 1.29 is 14.3 Å². The second kappa shape index (κ2) is 13.4. The van der Waals surface area contributed by atoms with Crippen molar-refractivity contribution in [2.75, 3.05) is 6.61 Å². The molecular weight excluding hydrogens is 556 g/mol. The quantitative estimate of drug-likeness (QED) is 0.112. The van der Waals surface area contributed by atoms with Crippen LogP contribution in [0.25, 0.3) is 10.8 Å². The smallest absolute Gasteiger partial charge is 0.338 e. The lowest BCUT2D eigenvalue weighted by Crippen LogP contribution is -2.13. The van der Waals surface area contributed by atoms with Crippen LogP contribution in [0.5, 0.6) is 11.5 Å². The number of nitrogens with zero attached hydrogens (tertiary/aromatic N) is 2. The van der Waals surface area contributed by atoms with Gasteiger partial charge in [-0.25, -0.2) is 4.79 Å². The molecule has 0 saturated heterocycles. The summed E-state index contributed by atoms with van der Waals surface area (Å²) in [6, 6.07) is 24.7. The van der Waals surface area contributed by atoms with Crippen LogP contribution in [0.2, 0.25) is 0 Å². The van der Waals surface area contributed by atoms with Gasteiger partial charge in [0.2, 0.25) is 0 Å². The maximum atomic E-state index is 13.2. The zero-order valence-corrected chi connectivity index (χ0v) is 26.2. The van der Waals surface area contributed by atoms with E-state index >= 15 is 0 Å². The van der Waals surface area contributed by atoms with Crippen molar-refractivity contribution in [1.29, 1.82) is 0 Å². The van der Waals surface area contributed by atoms with Gasteiger partial charge < -0.3 is 9.47 Å². The fraction of sp³-hybridized carbons (Fsp3) is 0.375. The Labute approximate surface area is 266 Å². The first kappa shape index (κ1) is 29.5. The summed E-state index contributed by atoms with van der Waals surface area (Å²) in [5.74, 6) is 2.87. The highest BCUT2D eigenvalue weighted by atomic mass is 16.5. The minimum atomic E-state index is -0.304. The van der Waals surface area contributed by atoms with Gasteiger partial charge in [-0.3, -0.25) is 9.98 Å². The van der Waals surface area contributed by atoms with Crippen molar-refractivity contribution in [2.24, 2.45) is 21.8 Å². The molecule has 2 saturated carbocycles. The number of aliphatic imine (C=N–C) groups is 2. The maximum absolute atomic E-state index is 13.2. The average Bonchev–Trinajstić information content (AvgIpc) is 3.01. The van der Waals surface area contributed by atoms with E-state index in [0.29, 0.717) is 12.2 Å². The number of benzene rings is 4. The van der Waals surface area contributed by atoms with Crippen molar-refractivity contribution >= 4 is 40.5 Å². The third-order valence-electron chi connectivity index (χ3n) is 9.92. The van der Waals surface area contributed by atoms with Gasteiger partial charge in [0.25, 0.3) is 0 Å². The number of hydrogen-bond donors (Lipinski definition) is 0. The summed E-state index contributed by atoms with van der Waals surface area (Å²) in [5, 5.41) is 1.92. The van der Waals surface area contributed by atoms with Crippen LogP contribution in [0.3, 0.4) is 0 Å². The van der Waals surface area contributed by atoms with Crippen LogP contribution in [-0.2, 0) is 4.74 Å². The standard InChI is InChI=1S/C40H42N2O3/c1-2-44-40(43)35-18-6-16-29-15-5-17-34(38(29)35)39-32-21-19-30(41-23-7-13-27-9-3-10-27)25-36(32)45-37-26-31(20-22-33(37)39)42-24-8-14-28-11-4-12-28/h5-6,15-28,39H,2-4,7-14H2,1H3. The van der Waals surface area contributed by atoms with E-state index in [4.69, 9.17) is 19.5 Å². The van der Waals surface area contributed by atoms with Crippen molar-refractivity contribution in [3.63, 3.8) is 0 Å². The lowest BCUT2D eigenvalue weighted by Gasteiger charge is -2.30. The van der Waals surface area contributed by atoms with Gasteiger partial charge in [-0.1, -0.05) is 81.0 Å². The molecule has 0 atom stereocenters. The van der Waals surface area contributed by atoms with E-state index < -0.39 is 0 Å². The topological polar surface area (TPSA) is 60.2 Å². The van der Waals surface area contributed by atoms with Gasteiger partial charge in [0, 0.05) is 47.0 Å². The van der Waals surface area contributed by atoms with Gasteiger partial charge in [0.15, 0.2) is 0 Å². The number of fused-ring (bicyclic) bond motifs is 3. The van der Waals surface area contributed by atoms with E-state index in [0.717, 1.165) is 75.0 Å². The van der Waals surface area contributed by atoms with Crippen molar-refractivity contribution in [2.45, 2.75) is 77.0 Å². The molecule has 230 valence electrons. The summed E-state index contributed by atoms with van der Waals surface area (Å²) >= 11 is 0. The molecule has 0 amide bonds. The summed E-state index contributed by atoms with van der Waals surface area (Å²) in [6.07, 6.45) is 16.7. The van der Waals surface area contributed by atoms with Crippen LogP contribution in [0.1, 0.15) is 104 Å². The van der Waals surface area contributed by atoms with Crippen LogP contribution in [-0.4, -0.2) is 25.0 Å². The fourth-order valence-electron chi connectivity index (χ4n) is 6.99. The molecular formula is C40H42N2O3. The Balaban J connectivity index is 1.27. The Hall–Kier alpha value is -4.25. The minimum absolute atomic E-state index is 0.142. The number of rotatable bonds is 11. The highest BCUT2D eigenvalue weighted by Crippen LogP contribution is 2.51. The zero-order chi connectivity index (χ0) is 30.6. The van der Waals surface area contributed by atoms with E-state index in [1.807, 2.05) is 19.1 Å². The van der Waals surface area contributed by atoms with Crippen LogP contribution < -0.4 is 4.74 Å². The first-order valence-electron chi connectivity index (χ1n) is 16.9. The molecule has 5 heteroatoms. The van der Waals surface area contributed by atoms with Gasteiger partial charge in [-0.15, -0.1) is 0 Å². The second-order valence-corrected chi connectivity index (χ2v) is 12.8. The number of carbonyl (C=O) groups is 1. The second-order valence-electron chi connectivity index (χ2n) is 12.8. The Morgan fingerprint density at radius 3 is 1.89 bits per heavy atom. The Morgan fingerprint density at radius 2 is 1.36 bits per heavy atom. The molecule has 1 heterocycles. The van der Waals surface area contributed by atoms with E-state index in [9.17, 15) is 4.79 Å². The van der Waals surface area contributed by atoms with Crippen molar-refractivity contribution in [3.8, 4) is 11.5 Å². The van der Waals surface area contributed by atoms with Gasteiger partial charge in [-0.05, 0) is 73.6 Å². The fourth-order valence-corrected chi connectivity index (χ4v) is 6.99. The van der Waals surface area contributed by atoms with E-state index in [-0.39, 0.29) is 11.9 Å². The molecule has 0 N–H and O–H groups in total. The summed E-state index contributed by atoms with van der Waals surface area (Å²) in [7, 11) is 0. The molecule has 4 aromatic carbocycles. The molecule has 0 radical (unpaired) electrons. The molecule has 2 aliphatic carbocycles. The van der Waals surface area contributed by atoms with Crippen molar-refractivity contribution in [3.05, 3.63) is 95.1 Å². The summed E-state index contributed by atoms with van der Waals surface area (Å²) < 4.78 is 12.1. The highest BCUT2D eigenvalue weighted by Gasteiger charge is 2.31. The average molecular weight is 599 g/mol. The molecule has 0 spiro atoms. The number of esters is 1. The summed E-state index contributed by atoms with van der Waals surface area (Å²) in [5.41, 5.74) is 5.52.